The molecule has 0 aromatic carbocycles. The maximum atomic E-state index is 13.7. The van der Waals surface area contributed by atoms with Crippen LogP contribution in [0.1, 0.15) is 46.0 Å². The molecule has 0 aromatic rings. The summed E-state index contributed by atoms with van der Waals surface area (Å²) in [4.78, 5) is 0. The molecule has 1 aliphatic carbocycles. The molecule has 0 aromatic heterocycles. The molecular formula is C12H21AlDyF2Re. The van der Waals surface area contributed by atoms with Crippen LogP contribution < -0.4 is 0 Å². The minimum Gasteiger partial charge on any atom is -0.244 e. The molecule has 17 heavy (non-hydrogen) atoms. The second-order valence-electron chi connectivity index (χ2n) is 4.90. The summed E-state index contributed by atoms with van der Waals surface area (Å²) in [5.74, 6) is 0.277. The number of hydrogen-bond acceptors (Lipinski definition) is 0. The number of rotatable bonds is 4. The second-order valence-corrected chi connectivity index (χ2v) is 5.85. The summed E-state index contributed by atoms with van der Waals surface area (Å²) in [6, 6.07) is 0. The molecule has 0 amide bonds. The van der Waals surface area contributed by atoms with Gasteiger partial charge in [-0.1, -0.05) is 39.5 Å². The molecule has 0 bridgehead atoms. The first-order valence-corrected chi connectivity index (χ1v) is 6.76. The van der Waals surface area contributed by atoms with Gasteiger partial charge in [-0.3, -0.25) is 0 Å². The minimum atomic E-state index is -1.27. The van der Waals surface area contributed by atoms with Gasteiger partial charge in [0.25, 0.3) is 0 Å². The Bertz CT molecular complexity index is 189. The van der Waals surface area contributed by atoms with Gasteiger partial charge in [-0.15, -0.1) is 4.78 Å². The van der Waals surface area contributed by atoms with Crippen LogP contribution in [0.4, 0.5) is 8.78 Å². The van der Waals surface area contributed by atoms with Crippen LogP contribution in [0.2, 0.25) is 4.78 Å². The molecule has 0 saturated heterocycles. The molecule has 1 fully saturated rings. The first kappa shape index (κ1) is 21.6. The third-order valence-corrected chi connectivity index (χ3v) is 4.46. The number of halogens is 2. The van der Waals surface area contributed by atoms with Crippen LogP contribution in [-0.4, -0.2) is 28.6 Å². The zero-order chi connectivity index (χ0) is 11.4. The van der Waals surface area contributed by atoms with E-state index >= 15 is 0 Å². The Balaban J connectivity index is 0. The van der Waals surface area contributed by atoms with Crippen molar-refractivity contribution in [2.24, 2.45) is 11.8 Å². The Morgan fingerprint density at radius 1 is 1.18 bits per heavy atom. The van der Waals surface area contributed by atoms with Gasteiger partial charge >= 0.3 is 0 Å². The van der Waals surface area contributed by atoms with Crippen LogP contribution in [0, 0.1) is 50.0 Å². The summed E-state index contributed by atoms with van der Waals surface area (Å²) in [6.45, 7) is 3.59. The van der Waals surface area contributed by atoms with Gasteiger partial charge in [0.15, 0.2) is 0 Å². The average molecular weight is 579 g/mol. The third kappa shape index (κ3) is 7.05. The van der Waals surface area contributed by atoms with Crippen LogP contribution in [0.3, 0.4) is 0 Å². The normalized spacial score (nSPS) is 29.4. The van der Waals surface area contributed by atoms with Crippen molar-refractivity contribution < 1.29 is 67.4 Å². The van der Waals surface area contributed by atoms with Crippen LogP contribution >= 0.6 is 0 Å². The summed E-state index contributed by atoms with van der Waals surface area (Å²) in [5, 5.41) is 0. The van der Waals surface area contributed by atoms with Gasteiger partial charge in [0, 0.05) is 58.6 Å². The number of hydrogen-bond donors (Lipinski definition) is 0. The molecule has 3 atom stereocenters. The van der Waals surface area contributed by atoms with E-state index < -0.39 is 12.3 Å². The fourth-order valence-corrected chi connectivity index (χ4v) is 2.87. The molecule has 0 aliphatic heterocycles. The van der Waals surface area contributed by atoms with Crippen molar-refractivity contribution in [2.45, 2.75) is 63.1 Å². The van der Waals surface area contributed by atoms with Gasteiger partial charge in [-0.2, -0.15) is 0 Å². The van der Waals surface area contributed by atoms with E-state index in [0.29, 0.717) is 17.1 Å². The quantitative estimate of drug-likeness (QED) is 0.445. The smallest absolute Gasteiger partial charge is 0.134 e. The van der Waals surface area contributed by atoms with Crippen molar-refractivity contribution >= 4 is 16.3 Å². The zero-order valence-corrected chi connectivity index (χ0v) is 16.3. The third-order valence-electron chi connectivity index (χ3n) is 3.80. The zero-order valence-electron chi connectivity index (χ0n) is 10.4. The Kier molecular flexibility index (Phi) is 14.0. The van der Waals surface area contributed by atoms with Gasteiger partial charge in [-0.25, -0.2) is 8.78 Å². The number of alkyl halides is 2. The van der Waals surface area contributed by atoms with Gasteiger partial charge in [0.1, 0.15) is 28.6 Å². The minimum absolute atomic E-state index is 0. The molecule has 0 heterocycles. The Morgan fingerprint density at radius 2 is 1.65 bits per heavy atom. The monoisotopic (exact) mass is 581 g/mol. The first-order valence-electron chi connectivity index (χ1n) is 6.10. The second kappa shape index (κ2) is 11.0. The largest absolute Gasteiger partial charge is 0.244 e. The molecule has 5 heteroatoms. The first-order chi connectivity index (χ1) is 7.06. The maximum absolute atomic E-state index is 13.7. The SMILES string of the molecule is CCC(F)C(F)C(C)C1CC[CH]([Al])CC1.[Dy].[Re]. The molecule has 1 rings (SSSR count). The predicted molar refractivity (Wildman–Crippen MR) is 60.7 cm³/mol. The fourth-order valence-electron chi connectivity index (χ4n) is 2.49. The van der Waals surface area contributed by atoms with Crippen LogP contribution in [0.25, 0.3) is 0 Å². The van der Waals surface area contributed by atoms with Crippen LogP contribution in [0.15, 0.2) is 0 Å². The molecule has 3 radical (unpaired) electrons. The summed E-state index contributed by atoms with van der Waals surface area (Å²) in [7, 11) is 0. The topological polar surface area (TPSA) is 0 Å². The van der Waals surface area contributed by atoms with Gasteiger partial charge in [0.05, 0.1) is 0 Å². The van der Waals surface area contributed by atoms with E-state index in [-0.39, 0.29) is 64.5 Å². The van der Waals surface area contributed by atoms with E-state index in [2.05, 4.69) is 16.3 Å². The van der Waals surface area contributed by atoms with Crippen molar-refractivity contribution in [1.29, 1.82) is 0 Å². The van der Waals surface area contributed by atoms with Crippen molar-refractivity contribution in [3.05, 3.63) is 0 Å². The Hall–Kier alpha value is 2.33. The van der Waals surface area contributed by atoms with E-state index in [1.54, 1.807) is 6.92 Å². The van der Waals surface area contributed by atoms with Crippen LogP contribution in [0.5, 0.6) is 0 Å². The molecule has 0 nitrogen and oxygen atoms in total. The molecule has 103 valence electrons. The van der Waals surface area contributed by atoms with Gasteiger partial charge in [0.2, 0.25) is 0 Å². The van der Waals surface area contributed by atoms with Crippen molar-refractivity contribution in [2.75, 3.05) is 0 Å². The van der Waals surface area contributed by atoms with E-state index in [9.17, 15) is 8.78 Å². The summed E-state index contributed by atoms with van der Waals surface area (Å²) in [5.41, 5.74) is 0. The maximum Gasteiger partial charge on any atom is 0.134 e. The molecule has 1 aliphatic rings. The predicted octanol–water partition coefficient (Wildman–Crippen LogP) is 3.85. The van der Waals surface area contributed by atoms with Gasteiger partial charge in [-0.05, 0) is 18.3 Å². The summed E-state index contributed by atoms with van der Waals surface area (Å²) >= 11 is 2.84. The molecular weight excluding hydrogens is 558 g/mol. The van der Waals surface area contributed by atoms with Gasteiger partial charge < -0.3 is 0 Å². The molecule has 1 saturated carbocycles. The van der Waals surface area contributed by atoms with E-state index in [4.69, 9.17) is 0 Å². The molecule has 0 spiro atoms. The van der Waals surface area contributed by atoms with E-state index in [0.717, 1.165) is 25.7 Å². The Labute approximate surface area is 157 Å². The Morgan fingerprint density at radius 3 is 2.06 bits per heavy atom. The molecule has 3 unspecified atom stereocenters. The van der Waals surface area contributed by atoms with Crippen LogP contribution in [-0.2, 0) is 20.4 Å². The average Bonchev–Trinajstić information content (AvgIpc) is 2.27. The standard InChI is InChI=1S/C12H21F2.Al.Dy.Re/c1-3-11(13)12(14)9(2)10-7-5-4-6-8-10;;;/h4,9-12H,3,5-8H2,1-2H3;;;. The summed E-state index contributed by atoms with van der Waals surface area (Å²) in [6.07, 6.45) is 2.18. The van der Waals surface area contributed by atoms with Crippen molar-refractivity contribution in [1.82, 2.24) is 0 Å². The summed E-state index contributed by atoms with van der Waals surface area (Å²) < 4.78 is 27.6. The molecule has 0 N–H and O–H groups in total. The van der Waals surface area contributed by atoms with Crippen molar-refractivity contribution in [3.63, 3.8) is 0 Å². The van der Waals surface area contributed by atoms with Crippen molar-refractivity contribution in [3.8, 4) is 0 Å². The fraction of sp³-hybridized carbons (Fsp3) is 1.00. The van der Waals surface area contributed by atoms with E-state index in [1.807, 2.05) is 6.92 Å². The van der Waals surface area contributed by atoms with E-state index in [1.165, 1.54) is 0 Å².